The zero-order chi connectivity index (χ0) is 21.1. The van der Waals surface area contributed by atoms with Crippen LogP contribution in [0.25, 0.3) is 0 Å². The minimum Gasteiger partial charge on any atom is -0.465 e. The molecule has 2 rings (SSSR count). The van der Waals surface area contributed by atoms with Gasteiger partial charge in [-0.3, -0.25) is 9.10 Å². The van der Waals surface area contributed by atoms with Gasteiger partial charge in [-0.2, -0.15) is 0 Å². The number of carbonyl (C=O) groups excluding carboxylic acids is 2. The average molecular weight is 425 g/mol. The Bertz CT molecular complexity index is 990. The summed E-state index contributed by atoms with van der Waals surface area (Å²) in [5.41, 5.74) is 1.54. The molecule has 0 bridgehead atoms. The number of nitrogens with zero attached hydrogens (tertiary/aromatic N) is 1. The van der Waals surface area contributed by atoms with Crippen molar-refractivity contribution < 1.29 is 22.7 Å². The van der Waals surface area contributed by atoms with Gasteiger partial charge in [-0.25, -0.2) is 13.2 Å². The Morgan fingerprint density at radius 3 is 2.29 bits per heavy atom. The SMILES string of the molecule is COC(=O)c1cccc(NC(=O)[C@@H](C)N(c2ccc(Cl)cc2)S(C)(=O)=O)c1C. The highest BCUT2D eigenvalue weighted by Gasteiger charge is 2.29. The van der Waals surface area contributed by atoms with Crippen molar-refractivity contribution >= 4 is 44.9 Å². The number of halogens is 1. The molecule has 0 saturated carbocycles. The quantitative estimate of drug-likeness (QED) is 0.718. The summed E-state index contributed by atoms with van der Waals surface area (Å²) in [6.45, 7) is 3.14. The van der Waals surface area contributed by atoms with Crippen LogP contribution in [0.3, 0.4) is 0 Å². The number of methoxy groups -OCH3 is 1. The van der Waals surface area contributed by atoms with Crippen LogP contribution in [0, 0.1) is 6.92 Å². The van der Waals surface area contributed by atoms with Gasteiger partial charge in [0.25, 0.3) is 0 Å². The molecule has 1 N–H and O–H groups in total. The van der Waals surface area contributed by atoms with Gasteiger partial charge in [-0.05, 0) is 55.8 Å². The summed E-state index contributed by atoms with van der Waals surface area (Å²) < 4.78 is 30.4. The first-order valence-electron chi connectivity index (χ1n) is 8.30. The van der Waals surface area contributed by atoms with Gasteiger partial charge in [0.2, 0.25) is 15.9 Å². The van der Waals surface area contributed by atoms with Gasteiger partial charge in [0.05, 0.1) is 24.6 Å². The Morgan fingerprint density at radius 1 is 1.14 bits per heavy atom. The third-order valence-corrected chi connectivity index (χ3v) is 5.66. The Balaban J connectivity index is 2.34. The number of nitrogens with one attached hydrogen (secondary N) is 1. The second-order valence-electron chi connectivity index (χ2n) is 6.17. The van der Waals surface area contributed by atoms with E-state index in [-0.39, 0.29) is 0 Å². The molecule has 0 saturated heterocycles. The normalized spacial score (nSPS) is 12.2. The molecule has 150 valence electrons. The fourth-order valence-corrected chi connectivity index (χ4v) is 4.04. The number of anilines is 2. The van der Waals surface area contributed by atoms with Crippen molar-refractivity contribution in [2.45, 2.75) is 19.9 Å². The summed E-state index contributed by atoms with van der Waals surface area (Å²) in [5, 5.41) is 3.13. The fourth-order valence-electron chi connectivity index (χ4n) is 2.74. The van der Waals surface area contributed by atoms with Crippen molar-refractivity contribution in [1.29, 1.82) is 0 Å². The van der Waals surface area contributed by atoms with Gasteiger partial charge in [0.15, 0.2) is 0 Å². The number of esters is 1. The van der Waals surface area contributed by atoms with Crippen LogP contribution in [-0.2, 0) is 19.6 Å². The minimum atomic E-state index is -3.75. The number of carbonyl (C=O) groups is 2. The zero-order valence-electron chi connectivity index (χ0n) is 15.9. The maximum Gasteiger partial charge on any atom is 0.338 e. The van der Waals surface area contributed by atoms with Crippen LogP contribution in [0.1, 0.15) is 22.8 Å². The molecule has 1 atom stereocenters. The van der Waals surface area contributed by atoms with Crippen molar-refractivity contribution in [2.75, 3.05) is 23.0 Å². The molecular weight excluding hydrogens is 404 g/mol. The number of benzene rings is 2. The van der Waals surface area contributed by atoms with Crippen molar-refractivity contribution in [1.82, 2.24) is 0 Å². The molecule has 28 heavy (non-hydrogen) atoms. The average Bonchev–Trinajstić information content (AvgIpc) is 2.63. The lowest BCUT2D eigenvalue weighted by atomic mass is 10.1. The van der Waals surface area contributed by atoms with Crippen molar-refractivity contribution in [3.8, 4) is 0 Å². The van der Waals surface area contributed by atoms with E-state index in [2.05, 4.69) is 5.32 Å². The number of rotatable bonds is 6. The summed E-state index contributed by atoms with van der Waals surface area (Å²) in [6, 6.07) is 9.90. The molecule has 7 nitrogen and oxygen atoms in total. The van der Waals surface area contributed by atoms with Gasteiger partial charge in [-0.1, -0.05) is 17.7 Å². The molecule has 1 amide bonds. The van der Waals surface area contributed by atoms with Crippen LogP contribution in [0.2, 0.25) is 5.02 Å². The summed E-state index contributed by atoms with van der Waals surface area (Å²) >= 11 is 5.86. The Labute approximate surface area is 169 Å². The molecular formula is C19H21ClN2O5S. The highest BCUT2D eigenvalue weighted by Crippen LogP contribution is 2.25. The fraction of sp³-hybridized carbons (Fsp3) is 0.263. The molecule has 0 aliphatic carbocycles. The second-order valence-corrected chi connectivity index (χ2v) is 8.47. The van der Waals surface area contributed by atoms with Crippen molar-refractivity contribution in [3.05, 3.63) is 58.6 Å². The van der Waals surface area contributed by atoms with Gasteiger partial charge < -0.3 is 10.1 Å². The Morgan fingerprint density at radius 2 is 1.75 bits per heavy atom. The molecule has 2 aromatic rings. The molecule has 9 heteroatoms. The standard InChI is InChI=1S/C19H21ClN2O5S/c1-12-16(19(24)27-3)6-5-7-17(12)21-18(23)13(2)22(28(4,25)26)15-10-8-14(20)9-11-15/h5-11,13H,1-4H3,(H,21,23)/t13-/m1/s1. The smallest absolute Gasteiger partial charge is 0.338 e. The molecule has 0 heterocycles. The van der Waals surface area contributed by atoms with E-state index < -0.39 is 27.9 Å². The largest absolute Gasteiger partial charge is 0.465 e. The predicted octanol–water partition coefficient (Wildman–Crippen LogP) is 3.23. The second kappa shape index (κ2) is 8.62. The molecule has 0 aliphatic heterocycles. The van der Waals surface area contributed by atoms with Crippen molar-refractivity contribution in [2.24, 2.45) is 0 Å². The summed E-state index contributed by atoms with van der Waals surface area (Å²) in [6.07, 6.45) is 1.02. The van der Waals surface area contributed by atoms with Crippen LogP contribution in [0.4, 0.5) is 11.4 Å². The van der Waals surface area contributed by atoms with Gasteiger partial charge in [0, 0.05) is 10.7 Å². The molecule has 0 radical (unpaired) electrons. The maximum atomic E-state index is 12.8. The molecule has 0 fully saturated rings. The predicted molar refractivity (Wildman–Crippen MR) is 109 cm³/mol. The Kier molecular flexibility index (Phi) is 6.69. The van der Waals surface area contributed by atoms with Crippen LogP contribution >= 0.6 is 11.6 Å². The van der Waals surface area contributed by atoms with Gasteiger partial charge in [0.1, 0.15) is 6.04 Å². The number of sulfonamides is 1. The first kappa shape index (κ1) is 21.7. The van der Waals surface area contributed by atoms with Gasteiger partial charge in [-0.15, -0.1) is 0 Å². The maximum absolute atomic E-state index is 12.8. The lowest BCUT2D eigenvalue weighted by Gasteiger charge is -2.28. The number of amides is 1. The lowest BCUT2D eigenvalue weighted by Crippen LogP contribution is -2.45. The third kappa shape index (κ3) is 4.82. The number of hydrogen-bond donors (Lipinski definition) is 1. The van der Waals surface area contributed by atoms with Gasteiger partial charge >= 0.3 is 5.97 Å². The number of hydrogen-bond acceptors (Lipinski definition) is 5. The summed E-state index contributed by atoms with van der Waals surface area (Å²) in [5.74, 6) is -1.08. The molecule has 0 unspecified atom stereocenters. The Hall–Kier alpha value is -2.58. The zero-order valence-corrected chi connectivity index (χ0v) is 17.5. The molecule has 0 aliphatic rings. The molecule has 0 spiro atoms. The number of ether oxygens (including phenoxy) is 1. The monoisotopic (exact) mass is 424 g/mol. The van der Waals surface area contributed by atoms with E-state index in [9.17, 15) is 18.0 Å². The van der Waals surface area contributed by atoms with Crippen LogP contribution < -0.4 is 9.62 Å². The molecule has 2 aromatic carbocycles. The van der Waals surface area contributed by atoms with Crippen molar-refractivity contribution in [3.63, 3.8) is 0 Å². The highest BCUT2D eigenvalue weighted by atomic mass is 35.5. The first-order chi connectivity index (χ1) is 13.1. The topological polar surface area (TPSA) is 92.8 Å². The third-order valence-electron chi connectivity index (χ3n) is 4.17. The van der Waals surface area contributed by atoms with E-state index in [1.807, 2.05) is 0 Å². The van der Waals surface area contributed by atoms with E-state index in [1.165, 1.54) is 26.2 Å². The van der Waals surface area contributed by atoms with E-state index >= 15 is 0 Å². The highest BCUT2D eigenvalue weighted by molar-refractivity contribution is 7.92. The first-order valence-corrected chi connectivity index (χ1v) is 10.5. The van der Waals surface area contributed by atoms with E-state index in [4.69, 9.17) is 16.3 Å². The lowest BCUT2D eigenvalue weighted by molar-refractivity contribution is -0.116. The van der Waals surface area contributed by atoms with Crippen LogP contribution in [0.15, 0.2) is 42.5 Å². The minimum absolute atomic E-state index is 0.311. The summed E-state index contributed by atoms with van der Waals surface area (Å²) in [7, 11) is -2.48. The van der Waals surface area contributed by atoms with Crippen LogP contribution in [0.5, 0.6) is 0 Å². The van der Waals surface area contributed by atoms with E-state index in [1.54, 1.807) is 37.3 Å². The van der Waals surface area contributed by atoms with E-state index in [0.717, 1.165) is 10.6 Å². The molecule has 0 aromatic heterocycles. The summed E-state index contributed by atoms with van der Waals surface area (Å²) in [4.78, 5) is 24.6. The van der Waals surface area contributed by atoms with Crippen LogP contribution in [-0.4, -0.2) is 39.7 Å². The van der Waals surface area contributed by atoms with E-state index in [0.29, 0.717) is 27.5 Å².